The highest BCUT2D eigenvalue weighted by molar-refractivity contribution is 6.09. The van der Waals surface area contributed by atoms with Crippen LogP contribution in [-0.2, 0) is 4.79 Å². The number of rotatable bonds is 0. The van der Waals surface area contributed by atoms with Crippen molar-refractivity contribution in [3.8, 4) is 0 Å². The van der Waals surface area contributed by atoms with E-state index in [0.717, 1.165) is 4.90 Å². The Bertz CT molecular complexity index is 225. The van der Waals surface area contributed by atoms with Crippen LogP contribution in [0, 0.1) is 0 Å². The lowest BCUT2D eigenvalue weighted by Crippen LogP contribution is -2.40. The molecule has 0 spiro atoms. The van der Waals surface area contributed by atoms with Crippen LogP contribution in [0.4, 0.5) is 9.59 Å². The third kappa shape index (κ3) is 1.28. The lowest BCUT2D eigenvalue weighted by atomic mass is 10.6. The fourth-order valence-corrected chi connectivity index (χ4v) is 0.741. The molecule has 0 aromatic heterocycles. The third-order valence-corrected chi connectivity index (χ3v) is 1.25. The average molecular weight is 157 g/mol. The largest absolute Gasteiger partial charge is 0.341 e. The molecule has 0 aliphatic carbocycles. The molecule has 2 N–H and O–H groups in total. The first-order chi connectivity index (χ1) is 5.15. The molecule has 0 radical (unpaired) electrons. The van der Waals surface area contributed by atoms with E-state index in [4.69, 9.17) is 0 Å². The quantitative estimate of drug-likeness (QED) is 0.437. The van der Waals surface area contributed by atoms with Crippen molar-refractivity contribution in [3.05, 3.63) is 0 Å². The molecule has 1 aliphatic heterocycles. The van der Waals surface area contributed by atoms with Crippen molar-refractivity contribution in [2.45, 2.75) is 0 Å². The lowest BCUT2D eigenvalue weighted by Gasteiger charge is -2.08. The van der Waals surface area contributed by atoms with Crippen LogP contribution in [0.5, 0.6) is 0 Å². The molecular weight excluding hydrogens is 150 g/mol. The van der Waals surface area contributed by atoms with Gasteiger partial charge in [-0.25, -0.2) is 14.5 Å². The Morgan fingerprint density at radius 3 is 2.64 bits per heavy atom. The topological polar surface area (TPSA) is 78.5 Å². The van der Waals surface area contributed by atoms with Gasteiger partial charge in [-0.15, -0.1) is 0 Å². The summed E-state index contributed by atoms with van der Waals surface area (Å²) in [5.41, 5.74) is 0. The van der Waals surface area contributed by atoms with E-state index < -0.39 is 18.0 Å². The normalized spacial score (nSPS) is 16.6. The highest BCUT2D eigenvalue weighted by Crippen LogP contribution is 1.96. The molecule has 6 nitrogen and oxygen atoms in total. The standard InChI is InChI=1S/C5H7N3O3/c1-6-4(10)8-2-3(9)7-5(8)11/h2H2,1H3,(H,6,10)(H,7,9,11). The fourth-order valence-electron chi connectivity index (χ4n) is 0.741. The van der Waals surface area contributed by atoms with Crippen LogP contribution in [0.3, 0.4) is 0 Å². The molecule has 6 heteroatoms. The summed E-state index contributed by atoms with van der Waals surface area (Å²) < 4.78 is 0. The van der Waals surface area contributed by atoms with E-state index in [0.29, 0.717) is 0 Å². The Kier molecular flexibility index (Phi) is 1.75. The predicted octanol–water partition coefficient (Wildman–Crippen LogP) is -1.12. The number of urea groups is 2. The van der Waals surface area contributed by atoms with Crippen LogP contribution < -0.4 is 10.6 Å². The number of amides is 5. The maximum absolute atomic E-state index is 10.8. The molecule has 0 unspecified atom stereocenters. The second-order valence-electron chi connectivity index (χ2n) is 1.99. The first-order valence-electron chi connectivity index (χ1n) is 2.98. The molecule has 0 aromatic carbocycles. The van der Waals surface area contributed by atoms with Gasteiger partial charge in [0.1, 0.15) is 6.54 Å². The summed E-state index contributed by atoms with van der Waals surface area (Å²) in [7, 11) is 1.39. The van der Waals surface area contributed by atoms with Crippen molar-refractivity contribution in [1.29, 1.82) is 0 Å². The summed E-state index contributed by atoms with van der Waals surface area (Å²) in [4.78, 5) is 32.8. The second kappa shape index (κ2) is 2.57. The summed E-state index contributed by atoms with van der Waals surface area (Å²) in [6.45, 7) is -0.196. The second-order valence-corrected chi connectivity index (χ2v) is 1.99. The molecule has 0 saturated carbocycles. The Morgan fingerprint density at radius 2 is 2.27 bits per heavy atom. The van der Waals surface area contributed by atoms with Gasteiger partial charge in [-0.2, -0.15) is 0 Å². The van der Waals surface area contributed by atoms with Gasteiger partial charge in [-0.3, -0.25) is 10.1 Å². The zero-order chi connectivity index (χ0) is 8.43. The molecule has 1 heterocycles. The van der Waals surface area contributed by atoms with Crippen LogP contribution in [0.15, 0.2) is 0 Å². The van der Waals surface area contributed by atoms with Crippen molar-refractivity contribution in [2.24, 2.45) is 0 Å². The Morgan fingerprint density at radius 1 is 1.64 bits per heavy atom. The van der Waals surface area contributed by atoms with E-state index >= 15 is 0 Å². The molecule has 1 rings (SSSR count). The monoisotopic (exact) mass is 157 g/mol. The minimum atomic E-state index is -0.672. The summed E-state index contributed by atoms with van der Waals surface area (Å²) in [5.74, 6) is -0.460. The number of imide groups is 2. The van der Waals surface area contributed by atoms with Gasteiger partial charge < -0.3 is 5.32 Å². The third-order valence-electron chi connectivity index (χ3n) is 1.25. The summed E-state index contributed by atoms with van der Waals surface area (Å²) in [6, 6.07) is -1.25. The van der Waals surface area contributed by atoms with E-state index in [1.54, 1.807) is 0 Å². The van der Waals surface area contributed by atoms with Crippen molar-refractivity contribution >= 4 is 18.0 Å². The van der Waals surface area contributed by atoms with E-state index in [9.17, 15) is 14.4 Å². The maximum atomic E-state index is 10.8. The highest BCUT2D eigenvalue weighted by atomic mass is 16.2. The minimum Gasteiger partial charge on any atom is -0.341 e. The first kappa shape index (κ1) is 7.52. The highest BCUT2D eigenvalue weighted by Gasteiger charge is 2.31. The SMILES string of the molecule is CNC(=O)N1CC(=O)NC1=O. The number of hydrogen-bond acceptors (Lipinski definition) is 3. The molecule has 1 aliphatic rings. The minimum absolute atomic E-state index is 0.196. The lowest BCUT2D eigenvalue weighted by molar-refractivity contribution is -0.118. The summed E-state index contributed by atoms with van der Waals surface area (Å²) >= 11 is 0. The Hall–Kier alpha value is -1.59. The Balaban J connectivity index is 2.67. The van der Waals surface area contributed by atoms with Crippen molar-refractivity contribution in [3.63, 3.8) is 0 Å². The zero-order valence-electron chi connectivity index (χ0n) is 5.88. The molecule has 5 amide bonds. The number of carbonyl (C=O) groups excluding carboxylic acids is 3. The van der Waals surface area contributed by atoms with Crippen LogP contribution in [0.2, 0.25) is 0 Å². The smallest absolute Gasteiger partial charge is 0.332 e. The first-order valence-corrected chi connectivity index (χ1v) is 2.98. The number of nitrogens with zero attached hydrogens (tertiary/aromatic N) is 1. The van der Waals surface area contributed by atoms with Crippen molar-refractivity contribution in [2.75, 3.05) is 13.6 Å². The van der Waals surface area contributed by atoms with Crippen LogP contribution in [0.1, 0.15) is 0 Å². The van der Waals surface area contributed by atoms with Gasteiger partial charge in [0.05, 0.1) is 0 Å². The molecule has 0 aromatic rings. The van der Waals surface area contributed by atoms with E-state index in [1.807, 2.05) is 5.32 Å². The number of nitrogens with one attached hydrogen (secondary N) is 2. The Labute approximate surface area is 62.5 Å². The average Bonchev–Trinajstić information content (AvgIpc) is 2.28. The van der Waals surface area contributed by atoms with E-state index in [2.05, 4.69) is 5.32 Å². The molecule has 1 fully saturated rings. The molecule has 11 heavy (non-hydrogen) atoms. The van der Waals surface area contributed by atoms with Crippen LogP contribution >= 0.6 is 0 Å². The van der Waals surface area contributed by atoms with Crippen molar-refractivity contribution < 1.29 is 14.4 Å². The van der Waals surface area contributed by atoms with E-state index in [-0.39, 0.29) is 6.54 Å². The van der Waals surface area contributed by atoms with Crippen LogP contribution in [-0.4, -0.2) is 36.5 Å². The molecular formula is C5H7N3O3. The summed E-state index contributed by atoms with van der Waals surface area (Å²) in [6.07, 6.45) is 0. The summed E-state index contributed by atoms with van der Waals surface area (Å²) in [5, 5.41) is 4.20. The van der Waals surface area contributed by atoms with Gasteiger partial charge >= 0.3 is 12.1 Å². The zero-order valence-corrected chi connectivity index (χ0v) is 5.88. The van der Waals surface area contributed by atoms with Gasteiger partial charge in [0.2, 0.25) is 5.91 Å². The van der Waals surface area contributed by atoms with Crippen LogP contribution in [0.25, 0.3) is 0 Å². The molecule has 0 atom stereocenters. The molecule has 1 saturated heterocycles. The van der Waals surface area contributed by atoms with Gasteiger partial charge in [0.25, 0.3) is 0 Å². The van der Waals surface area contributed by atoms with Gasteiger partial charge in [0.15, 0.2) is 0 Å². The predicted molar refractivity (Wildman–Crippen MR) is 34.7 cm³/mol. The van der Waals surface area contributed by atoms with Crippen molar-refractivity contribution in [1.82, 2.24) is 15.5 Å². The maximum Gasteiger partial charge on any atom is 0.332 e. The van der Waals surface area contributed by atoms with E-state index in [1.165, 1.54) is 7.05 Å². The number of carbonyl (C=O) groups is 3. The van der Waals surface area contributed by atoms with Gasteiger partial charge in [-0.1, -0.05) is 0 Å². The molecule has 0 bridgehead atoms. The number of hydrogen-bond donors (Lipinski definition) is 2. The molecule has 60 valence electrons. The fraction of sp³-hybridized carbons (Fsp3) is 0.400. The van der Waals surface area contributed by atoms with Gasteiger partial charge in [0, 0.05) is 7.05 Å². The van der Waals surface area contributed by atoms with Gasteiger partial charge in [-0.05, 0) is 0 Å².